The lowest BCUT2D eigenvalue weighted by Crippen LogP contribution is -2.38. The highest BCUT2D eigenvalue weighted by Gasteiger charge is 2.32. The van der Waals surface area contributed by atoms with Gasteiger partial charge in [-0.25, -0.2) is 13.1 Å². The fraction of sp³-hybridized carbons (Fsp3) is 0.391. The molecule has 2 amide bonds. The minimum absolute atomic E-state index is 0.00126. The second-order valence-corrected chi connectivity index (χ2v) is 10.1. The third kappa shape index (κ3) is 3.97. The summed E-state index contributed by atoms with van der Waals surface area (Å²) in [6.45, 7) is 5.48. The van der Waals surface area contributed by atoms with Gasteiger partial charge in [-0.2, -0.15) is 0 Å². The highest BCUT2D eigenvalue weighted by molar-refractivity contribution is 7.89. The summed E-state index contributed by atoms with van der Waals surface area (Å²) in [6, 6.07) is 12.7. The number of nitrogens with one attached hydrogen (secondary N) is 1. The lowest BCUT2D eigenvalue weighted by Gasteiger charge is -2.23. The first kappa shape index (κ1) is 21.5. The first-order valence-corrected chi connectivity index (χ1v) is 12.0. The maximum atomic E-state index is 12.8. The minimum atomic E-state index is -3.75. The number of fused-ring (bicyclic) bond motifs is 2. The molecule has 0 saturated carbocycles. The smallest absolute Gasteiger partial charge is 0.240 e. The number of rotatable bonds is 5. The summed E-state index contributed by atoms with van der Waals surface area (Å²) < 4.78 is 28.1. The molecule has 1 N–H and O–H groups in total. The number of amides is 2. The van der Waals surface area contributed by atoms with E-state index in [0.29, 0.717) is 6.42 Å². The van der Waals surface area contributed by atoms with Gasteiger partial charge >= 0.3 is 0 Å². The van der Waals surface area contributed by atoms with Gasteiger partial charge in [0.05, 0.1) is 4.90 Å². The zero-order valence-electron chi connectivity index (χ0n) is 18.0. The zero-order chi connectivity index (χ0) is 22.3. The fourth-order valence-electron chi connectivity index (χ4n) is 4.70. The molecule has 2 aliphatic rings. The molecule has 4 rings (SSSR count). The van der Waals surface area contributed by atoms with Crippen molar-refractivity contribution in [2.45, 2.75) is 57.0 Å². The van der Waals surface area contributed by atoms with Crippen LogP contribution in [0.15, 0.2) is 47.4 Å². The van der Waals surface area contributed by atoms with Gasteiger partial charge in [-0.1, -0.05) is 18.2 Å². The van der Waals surface area contributed by atoms with Crippen LogP contribution in [-0.4, -0.2) is 38.9 Å². The Morgan fingerprint density at radius 2 is 1.61 bits per heavy atom. The van der Waals surface area contributed by atoms with Crippen molar-refractivity contribution in [3.8, 4) is 0 Å². The summed E-state index contributed by atoms with van der Waals surface area (Å²) in [6.07, 6.45) is 1.50. The average molecular weight is 442 g/mol. The highest BCUT2D eigenvalue weighted by atomic mass is 32.2. The molecule has 0 aliphatic carbocycles. The molecule has 7 nitrogen and oxygen atoms in total. The van der Waals surface area contributed by atoms with Crippen molar-refractivity contribution in [1.82, 2.24) is 4.72 Å². The Morgan fingerprint density at radius 1 is 0.968 bits per heavy atom. The molecule has 0 saturated heterocycles. The molecule has 0 spiro atoms. The fourth-order valence-corrected chi connectivity index (χ4v) is 5.78. The standard InChI is InChI=1S/C23H27N3O4S/c1-15-13-19-14-20(8-9-22(19)25(15)17(3)27)31(29,30)24-11-10-23(28)26-16(2)12-18-6-4-5-7-21(18)26/h4-9,14-16,24H,10-13H2,1-3H3/t15-,16-/m1/s1. The Bertz CT molecular complexity index is 1150. The molecule has 2 heterocycles. The van der Waals surface area contributed by atoms with Crippen molar-refractivity contribution < 1.29 is 18.0 Å². The summed E-state index contributed by atoms with van der Waals surface area (Å²) in [5.74, 6) is -0.156. The molecule has 8 heteroatoms. The second kappa shape index (κ2) is 8.09. The third-order valence-corrected chi connectivity index (χ3v) is 7.48. The number of hydrogen-bond acceptors (Lipinski definition) is 4. The molecule has 2 atom stereocenters. The first-order valence-electron chi connectivity index (χ1n) is 10.5. The van der Waals surface area contributed by atoms with Gasteiger partial charge in [0.25, 0.3) is 0 Å². The van der Waals surface area contributed by atoms with Gasteiger partial charge < -0.3 is 9.80 Å². The molecule has 0 unspecified atom stereocenters. The number of nitrogens with zero attached hydrogens (tertiary/aromatic N) is 2. The van der Waals surface area contributed by atoms with Crippen LogP contribution in [0.5, 0.6) is 0 Å². The van der Waals surface area contributed by atoms with Crippen molar-refractivity contribution in [3.05, 3.63) is 53.6 Å². The number of benzene rings is 2. The summed E-state index contributed by atoms with van der Waals surface area (Å²) in [5, 5.41) is 0. The molecule has 164 valence electrons. The molecule has 0 aromatic heterocycles. The second-order valence-electron chi connectivity index (χ2n) is 8.33. The normalized spacial score (nSPS) is 20.0. The van der Waals surface area contributed by atoms with E-state index in [0.717, 1.165) is 28.9 Å². The Hall–Kier alpha value is -2.71. The van der Waals surface area contributed by atoms with Gasteiger partial charge in [-0.3, -0.25) is 9.59 Å². The van der Waals surface area contributed by atoms with E-state index in [4.69, 9.17) is 0 Å². The topological polar surface area (TPSA) is 86.8 Å². The van der Waals surface area contributed by atoms with Gasteiger partial charge in [0, 0.05) is 43.3 Å². The van der Waals surface area contributed by atoms with Crippen molar-refractivity contribution in [2.75, 3.05) is 16.3 Å². The van der Waals surface area contributed by atoms with Crippen LogP contribution in [0.3, 0.4) is 0 Å². The predicted molar refractivity (Wildman–Crippen MR) is 120 cm³/mol. The van der Waals surface area contributed by atoms with Crippen molar-refractivity contribution in [1.29, 1.82) is 0 Å². The van der Waals surface area contributed by atoms with Crippen LogP contribution in [0.4, 0.5) is 11.4 Å². The Kier molecular flexibility index (Phi) is 5.61. The molecule has 0 radical (unpaired) electrons. The van der Waals surface area contributed by atoms with Gasteiger partial charge in [-0.05, 0) is 62.1 Å². The molecule has 2 aromatic carbocycles. The van der Waals surface area contributed by atoms with E-state index in [9.17, 15) is 18.0 Å². The molecule has 0 fully saturated rings. The highest BCUT2D eigenvalue weighted by Crippen LogP contribution is 2.34. The van der Waals surface area contributed by atoms with Crippen LogP contribution >= 0.6 is 0 Å². The maximum absolute atomic E-state index is 12.8. The summed E-state index contributed by atoms with van der Waals surface area (Å²) >= 11 is 0. The summed E-state index contributed by atoms with van der Waals surface area (Å²) in [4.78, 5) is 28.3. The quantitative estimate of drug-likeness (QED) is 0.773. The van der Waals surface area contributed by atoms with Crippen LogP contribution in [-0.2, 0) is 32.5 Å². The molecule has 31 heavy (non-hydrogen) atoms. The van der Waals surface area contributed by atoms with E-state index < -0.39 is 10.0 Å². The van der Waals surface area contributed by atoms with Gasteiger partial charge in [-0.15, -0.1) is 0 Å². The van der Waals surface area contributed by atoms with E-state index in [2.05, 4.69) is 4.72 Å². The number of carbonyl (C=O) groups excluding carboxylic acids is 2. The van der Waals surface area contributed by atoms with Crippen LogP contribution in [0, 0.1) is 0 Å². The van der Waals surface area contributed by atoms with Gasteiger partial charge in [0.2, 0.25) is 21.8 Å². The lowest BCUT2D eigenvalue weighted by molar-refractivity contribution is -0.119. The largest absolute Gasteiger partial charge is 0.309 e. The molecular formula is C23H27N3O4S. The SMILES string of the molecule is CC(=O)N1c2ccc(S(=O)(=O)NCCC(=O)N3c4ccccc4C[C@H]3C)cc2C[C@H]1C. The monoisotopic (exact) mass is 441 g/mol. The van der Waals surface area contributed by atoms with Crippen molar-refractivity contribution in [2.24, 2.45) is 0 Å². The Labute approximate surface area is 183 Å². The van der Waals surface area contributed by atoms with Crippen molar-refractivity contribution >= 4 is 33.2 Å². The van der Waals surface area contributed by atoms with E-state index in [1.54, 1.807) is 21.9 Å². The van der Waals surface area contributed by atoms with Crippen LogP contribution in [0.1, 0.15) is 38.3 Å². The van der Waals surface area contributed by atoms with E-state index >= 15 is 0 Å². The minimum Gasteiger partial charge on any atom is -0.309 e. The number of sulfonamides is 1. The van der Waals surface area contributed by atoms with Crippen LogP contribution in [0.25, 0.3) is 0 Å². The number of anilines is 2. The van der Waals surface area contributed by atoms with E-state index in [1.165, 1.54) is 13.0 Å². The lowest BCUT2D eigenvalue weighted by atomic mass is 10.1. The maximum Gasteiger partial charge on any atom is 0.240 e. The predicted octanol–water partition coefficient (Wildman–Crippen LogP) is 2.63. The zero-order valence-corrected chi connectivity index (χ0v) is 18.8. The van der Waals surface area contributed by atoms with Crippen LogP contribution < -0.4 is 14.5 Å². The van der Waals surface area contributed by atoms with Crippen molar-refractivity contribution in [3.63, 3.8) is 0 Å². The summed E-state index contributed by atoms with van der Waals surface area (Å²) in [7, 11) is -3.75. The number of carbonyl (C=O) groups is 2. The Balaban J connectivity index is 1.42. The Morgan fingerprint density at radius 3 is 2.35 bits per heavy atom. The van der Waals surface area contributed by atoms with Gasteiger partial charge in [0.15, 0.2) is 0 Å². The first-order chi connectivity index (χ1) is 14.7. The molecular weight excluding hydrogens is 414 g/mol. The molecule has 2 aromatic rings. The molecule has 0 bridgehead atoms. The van der Waals surface area contributed by atoms with E-state index in [1.807, 2.05) is 38.1 Å². The number of hydrogen-bond donors (Lipinski definition) is 1. The third-order valence-electron chi connectivity index (χ3n) is 6.02. The number of para-hydroxylation sites is 1. The van der Waals surface area contributed by atoms with Crippen LogP contribution in [0.2, 0.25) is 0 Å². The summed E-state index contributed by atoms with van der Waals surface area (Å²) in [5.41, 5.74) is 3.64. The average Bonchev–Trinajstić information content (AvgIpc) is 3.22. The van der Waals surface area contributed by atoms with Gasteiger partial charge in [0.1, 0.15) is 0 Å². The van der Waals surface area contributed by atoms with E-state index in [-0.39, 0.29) is 41.8 Å². The molecule has 2 aliphatic heterocycles.